The first-order chi connectivity index (χ1) is 10.0. The van der Waals surface area contributed by atoms with Crippen LogP contribution in [-0.4, -0.2) is 12.6 Å². The Balaban J connectivity index is 1.79. The van der Waals surface area contributed by atoms with E-state index in [-0.39, 0.29) is 11.9 Å². The van der Waals surface area contributed by atoms with Crippen LogP contribution in [0.5, 0.6) is 5.75 Å². The van der Waals surface area contributed by atoms with Crippen molar-refractivity contribution >= 4 is 15.9 Å². The highest BCUT2D eigenvalue weighted by molar-refractivity contribution is 9.10. The minimum atomic E-state index is -0.205. The Morgan fingerprint density at radius 3 is 2.57 bits per heavy atom. The van der Waals surface area contributed by atoms with Crippen LogP contribution in [0.3, 0.4) is 0 Å². The summed E-state index contributed by atoms with van der Waals surface area (Å²) >= 11 is 3.25. The fraction of sp³-hybridized carbons (Fsp3) is 0.294. The molecule has 0 fully saturated rings. The molecule has 0 aromatic heterocycles. The fourth-order valence-electron chi connectivity index (χ4n) is 1.86. The van der Waals surface area contributed by atoms with E-state index in [9.17, 15) is 4.39 Å². The Morgan fingerprint density at radius 2 is 1.90 bits per heavy atom. The van der Waals surface area contributed by atoms with Crippen LogP contribution in [0.2, 0.25) is 0 Å². The summed E-state index contributed by atoms with van der Waals surface area (Å²) in [6.45, 7) is 5.09. The first-order valence-electron chi connectivity index (χ1n) is 6.91. The minimum absolute atomic E-state index is 0.134. The van der Waals surface area contributed by atoms with Crippen LogP contribution in [0.4, 0.5) is 4.39 Å². The Kier molecular flexibility index (Phi) is 5.76. The van der Waals surface area contributed by atoms with Gasteiger partial charge in [0.05, 0.1) is 0 Å². The molecule has 2 rings (SSSR count). The predicted octanol–water partition coefficient (Wildman–Crippen LogP) is 4.45. The van der Waals surface area contributed by atoms with Crippen LogP contribution >= 0.6 is 15.9 Å². The highest BCUT2D eigenvalue weighted by Crippen LogP contribution is 2.15. The lowest BCUT2D eigenvalue weighted by Crippen LogP contribution is -2.31. The molecule has 4 heteroatoms. The van der Waals surface area contributed by atoms with E-state index in [1.165, 1.54) is 11.6 Å². The molecule has 1 unspecified atom stereocenters. The summed E-state index contributed by atoms with van der Waals surface area (Å²) in [5.74, 6) is 0.646. The average molecular weight is 352 g/mol. The maximum absolute atomic E-state index is 13.7. The number of halogens is 2. The maximum atomic E-state index is 13.7. The number of ether oxygens (including phenoxy) is 1. The zero-order valence-corrected chi connectivity index (χ0v) is 13.8. The van der Waals surface area contributed by atoms with Gasteiger partial charge in [-0.25, -0.2) is 4.39 Å². The van der Waals surface area contributed by atoms with Crippen LogP contribution in [0, 0.1) is 12.7 Å². The number of hydrogen-bond donors (Lipinski definition) is 1. The lowest BCUT2D eigenvalue weighted by molar-refractivity contribution is 0.272. The molecule has 0 saturated carbocycles. The predicted molar refractivity (Wildman–Crippen MR) is 87.1 cm³/mol. The highest BCUT2D eigenvalue weighted by Gasteiger charge is 2.06. The third-order valence-electron chi connectivity index (χ3n) is 3.18. The zero-order chi connectivity index (χ0) is 15.2. The van der Waals surface area contributed by atoms with Crippen LogP contribution in [0.15, 0.2) is 46.9 Å². The third kappa shape index (κ3) is 5.14. The summed E-state index contributed by atoms with van der Waals surface area (Å²) in [5.41, 5.74) is 1.86. The van der Waals surface area contributed by atoms with E-state index in [1.54, 1.807) is 6.07 Å². The van der Waals surface area contributed by atoms with E-state index in [0.717, 1.165) is 10.2 Å². The van der Waals surface area contributed by atoms with Crippen molar-refractivity contribution in [2.75, 3.05) is 6.61 Å². The normalized spacial score (nSPS) is 12.2. The summed E-state index contributed by atoms with van der Waals surface area (Å²) in [6, 6.07) is 13.2. The first kappa shape index (κ1) is 16.0. The molecule has 0 aliphatic carbocycles. The molecule has 0 bridgehead atoms. The number of benzene rings is 2. The van der Waals surface area contributed by atoms with Gasteiger partial charge in [-0.15, -0.1) is 0 Å². The van der Waals surface area contributed by atoms with Crippen molar-refractivity contribution in [2.45, 2.75) is 26.4 Å². The van der Waals surface area contributed by atoms with Crippen molar-refractivity contribution in [3.8, 4) is 5.75 Å². The van der Waals surface area contributed by atoms with Crippen molar-refractivity contribution in [3.05, 3.63) is 63.9 Å². The summed E-state index contributed by atoms with van der Waals surface area (Å²) in [7, 11) is 0. The van der Waals surface area contributed by atoms with Gasteiger partial charge >= 0.3 is 0 Å². The molecular weight excluding hydrogens is 333 g/mol. The third-order valence-corrected chi connectivity index (χ3v) is 3.67. The molecule has 0 spiro atoms. The van der Waals surface area contributed by atoms with Crippen molar-refractivity contribution in [1.82, 2.24) is 5.32 Å². The molecule has 21 heavy (non-hydrogen) atoms. The van der Waals surface area contributed by atoms with Crippen molar-refractivity contribution in [3.63, 3.8) is 0 Å². The molecule has 0 radical (unpaired) electrons. The molecule has 0 heterocycles. The Morgan fingerprint density at radius 1 is 1.19 bits per heavy atom. The van der Waals surface area contributed by atoms with E-state index >= 15 is 0 Å². The van der Waals surface area contributed by atoms with Crippen LogP contribution in [0.25, 0.3) is 0 Å². The van der Waals surface area contributed by atoms with Gasteiger partial charge in [-0.05, 0) is 38.1 Å². The molecule has 2 aromatic carbocycles. The number of hydrogen-bond acceptors (Lipinski definition) is 2. The second kappa shape index (κ2) is 7.57. The van der Waals surface area contributed by atoms with E-state index in [4.69, 9.17) is 4.74 Å². The summed E-state index contributed by atoms with van der Waals surface area (Å²) in [5, 5.41) is 3.26. The average Bonchev–Trinajstić information content (AvgIpc) is 2.46. The fourth-order valence-corrected chi connectivity index (χ4v) is 2.20. The molecule has 0 amide bonds. The number of aryl methyl sites for hydroxylation is 1. The molecule has 0 saturated heterocycles. The van der Waals surface area contributed by atoms with Crippen LogP contribution in [-0.2, 0) is 6.54 Å². The Labute approximate surface area is 133 Å². The molecule has 2 nitrogen and oxygen atoms in total. The minimum Gasteiger partial charge on any atom is -0.492 e. The highest BCUT2D eigenvalue weighted by atomic mass is 79.9. The lowest BCUT2D eigenvalue weighted by atomic mass is 10.2. The van der Waals surface area contributed by atoms with E-state index in [0.29, 0.717) is 18.7 Å². The standard InChI is InChI=1S/C17H19BrFNO/c1-12-3-7-16(8-4-12)21-11-13(2)20-10-14-5-6-15(18)9-17(14)19/h3-9,13,20H,10-11H2,1-2H3. The maximum Gasteiger partial charge on any atom is 0.128 e. The summed E-state index contributed by atoms with van der Waals surface area (Å²) in [6.07, 6.45) is 0. The zero-order valence-electron chi connectivity index (χ0n) is 12.2. The molecule has 0 aliphatic rings. The van der Waals surface area contributed by atoms with E-state index in [1.807, 2.05) is 44.2 Å². The van der Waals surface area contributed by atoms with Gasteiger partial charge in [0.2, 0.25) is 0 Å². The second-order valence-corrected chi connectivity index (χ2v) is 6.06. The molecule has 2 aromatic rings. The molecule has 112 valence electrons. The number of nitrogens with one attached hydrogen (secondary N) is 1. The van der Waals surface area contributed by atoms with Gasteiger partial charge in [-0.2, -0.15) is 0 Å². The quantitative estimate of drug-likeness (QED) is 0.829. The Bertz CT molecular complexity index is 586. The van der Waals surface area contributed by atoms with Crippen LogP contribution in [0.1, 0.15) is 18.1 Å². The Hall–Kier alpha value is -1.39. The number of rotatable bonds is 6. The van der Waals surface area contributed by atoms with Gasteiger partial charge in [0, 0.05) is 22.6 Å². The first-order valence-corrected chi connectivity index (χ1v) is 7.70. The van der Waals surface area contributed by atoms with Gasteiger partial charge < -0.3 is 10.1 Å². The SMILES string of the molecule is Cc1ccc(OCC(C)NCc2ccc(Br)cc2F)cc1. The lowest BCUT2D eigenvalue weighted by Gasteiger charge is -2.15. The molecule has 0 aliphatic heterocycles. The molecule has 1 N–H and O–H groups in total. The van der Waals surface area contributed by atoms with Crippen molar-refractivity contribution < 1.29 is 9.13 Å². The van der Waals surface area contributed by atoms with Gasteiger partial charge in [-0.1, -0.05) is 39.7 Å². The summed E-state index contributed by atoms with van der Waals surface area (Å²) < 4.78 is 20.1. The smallest absolute Gasteiger partial charge is 0.128 e. The van der Waals surface area contributed by atoms with Gasteiger partial charge in [0.25, 0.3) is 0 Å². The van der Waals surface area contributed by atoms with Crippen LogP contribution < -0.4 is 10.1 Å². The van der Waals surface area contributed by atoms with Crippen molar-refractivity contribution in [2.24, 2.45) is 0 Å². The summed E-state index contributed by atoms with van der Waals surface area (Å²) in [4.78, 5) is 0. The van der Waals surface area contributed by atoms with E-state index in [2.05, 4.69) is 21.2 Å². The van der Waals surface area contributed by atoms with Gasteiger partial charge in [-0.3, -0.25) is 0 Å². The molecular formula is C17H19BrFNO. The topological polar surface area (TPSA) is 21.3 Å². The molecule has 1 atom stereocenters. The van der Waals surface area contributed by atoms with Gasteiger partial charge in [0.1, 0.15) is 18.2 Å². The van der Waals surface area contributed by atoms with E-state index < -0.39 is 0 Å². The van der Waals surface area contributed by atoms with Gasteiger partial charge in [0.15, 0.2) is 0 Å². The van der Waals surface area contributed by atoms with Crippen molar-refractivity contribution in [1.29, 1.82) is 0 Å². The second-order valence-electron chi connectivity index (χ2n) is 5.14. The monoisotopic (exact) mass is 351 g/mol. The largest absolute Gasteiger partial charge is 0.492 e.